The van der Waals surface area contributed by atoms with Gasteiger partial charge in [0.05, 0.1) is 28.4 Å². The number of benzene rings is 2. The van der Waals surface area contributed by atoms with Crippen LogP contribution in [0.2, 0.25) is 0 Å². The Morgan fingerprint density at radius 3 is 1.21 bits per heavy atom. The van der Waals surface area contributed by atoms with Gasteiger partial charge >= 0.3 is 35.3 Å². The predicted octanol–water partition coefficient (Wildman–Crippen LogP) is 5.97. The van der Waals surface area contributed by atoms with Crippen LogP contribution in [-0.4, -0.2) is 41.5 Å². The summed E-state index contributed by atoms with van der Waals surface area (Å²) in [5, 5.41) is 0. The number of nitrogens with one attached hydrogen (secondary N) is 2. The second-order valence-electron chi connectivity index (χ2n) is 5.42. The number of halogens is 2. The van der Waals surface area contributed by atoms with Crippen molar-refractivity contribution in [2.24, 2.45) is 0 Å². The fraction of sp³-hybridized carbons (Fsp3) is 0.400. The maximum absolute atomic E-state index is 7.09. The van der Waals surface area contributed by atoms with Crippen LogP contribution >= 0.6 is 18.8 Å². The number of hydrogen-bond donors (Lipinski definition) is 0. The zero-order valence-corrected chi connectivity index (χ0v) is 20.8. The van der Waals surface area contributed by atoms with Crippen LogP contribution in [0.25, 0.3) is 11.5 Å². The Labute approximate surface area is 190 Å². The van der Waals surface area contributed by atoms with Crippen LogP contribution in [0.15, 0.2) is 36.4 Å². The standard InChI is InChI=1S/2C10H14NO2.2ClH.Pt/c2*1-12-9-4-3-8(5-6-11)7-10(9)13-2;;;/h2*3-4,7,11H,5-6H2,1-2H3;2*1H;/q2*-1;;;+4/p-2. The molecule has 0 fully saturated rings. The Kier molecular flexibility index (Phi) is 17.0. The molecule has 0 atom stereocenters. The van der Waals surface area contributed by atoms with E-state index in [1.165, 1.54) is 0 Å². The fourth-order valence-electron chi connectivity index (χ4n) is 2.36. The topological polar surface area (TPSA) is 84.5 Å². The van der Waals surface area contributed by atoms with Crippen LogP contribution in [0.3, 0.4) is 0 Å². The van der Waals surface area contributed by atoms with Gasteiger partial charge in [-0.25, -0.2) is 0 Å². The molecule has 0 bridgehead atoms. The first kappa shape index (κ1) is 27.8. The van der Waals surface area contributed by atoms with E-state index in [1.807, 2.05) is 36.4 Å². The third-order valence-corrected chi connectivity index (χ3v) is 3.72. The van der Waals surface area contributed by atoms with E-state index in [-0.39, 0.29) is 0 Å². The van der Waals surface area contributed by atoms with Crippen LogP contribution in [0.4, 0.5) is 0 Å². The first-order valence-corrected chi connectivity index (χ1v) is 14.2. The molecule has 29 heavy (non-hydrogen) atoms. The van der Waals surface area contributed by atoms with Gasteiger partial charge in [-0.3, -0.25) is 0 Å². The van der Waals surface area contributed by atoms with E-state index in [0.717, 1.165) is 47.0 Å². The van der Waals surface area contributed by atoms with Gasteiger partial charge in [-0.15, -0.1) is 13.1 Å². The molecule has 0 aliphatic rings. The fourth-order valence-corrected chi connectivity index (χ4v) is 2.36. The zero-order valence-electron chi connectivity index (χ0n) is 17.0. The Hall–Kier alpha value is -1.17. The van der Waals surface area contributed by atoms with Crippen LogP contribution in [0, 0.1) is 0 Å². The molecule has 0 saturated carbocycles. The van der Waals surface area contributed by atoms with Gasteiger partial charge in [0.1, 0.15) is 0 Å². The molecular weight excluding hydrogens is 598 g/mol. The number of methoxy groups -OCH3 is 4. The summed E-state index contributed by atoms with van der Waals surface area (Å²) in [6.07, 6.45) is 1.50. The van der Waals surface area contributed by atoms with Gasteiger partial charge in [0, 0.05) is 0 Å². The average molecular weight is 626 g/mol. The third kappa shape index (κ3) is 11.0. The van der Waals surface area contributed by atoms with Crippen molar-refractivity contribution in [2.45, 2.75) is 12.8 Å². The van der Waals surface area contributed by atoms with Crippen molar-refractivity contribution < 1.29 is 35.4 Å². The molecule has 2 N–H and O–H groups in total. The molecule has 0 aromatic heterocycles. The van der Waals surface area contributed by atoms with Gasteiger partial charge < -0.3 is 30.4 Å². The summed E-state index contributed by atoms with van der Waals surface area (Å²) in [6, 6.07) is 11.5. The van der Waals surface area contributed by atoms with Crippen molar-refractivity contribution in [3.05, 3.63) is 59.0 Å². The van der Waals surface area contributed by atoms with Crippen molar-refractivity contribution in [1.29, 1.82) is 0 Å². The Balaban J connectivity index is 0.000000477. The molecule has 0 aliphatic carbocycles. The molecule has 0 heterocycles. The van der Waals surface area contributed by atoms with Crippen molar-refractivity contribution >= 4 is 18.8 Å². The molecule has 6 nitrogen and oxygen atoms in total. The molecule has 0 saturated heterocycles. The first-order chi connectivity index (χ1) is 14.0. The molecule has 9 heteroatoms. The number of ether oxygens (including phenoxy) is 4. The molecule has 2 aromatic rings. The first-order valence-electron chi connectivity index (χ1n) is 8.58. The second-order valence-corrected chi connectivity index (χ2v) is 8.71. The molecule has 2 aromatic carbocycles. The molecule has 0 radical (unpaired) electrons. The molecule has 0 spiro atoms. The normalized spacial score (nSPS) is 9.52. The van der Waals surface area contributed by atoms with Gasteiger partial charge in [0.25, 0.3) is 0 Å². The van der Waals surface area contributed by atoms with Gasteiger partial charge in [0.2, 0.25) is 0 Å². The summed E-state index contributed by atoms with van der Waals surface area (Å²) in [7, 11) is 16.2. The summed E-state index contributed by atoms with van der Waals surface area (Å²) in [5.41, 5.74) is 16.4. The van der Waals surface area contributed by atoms with E-state index in [1.54, 1.807) is 28.4 Å². The maximum atomic E-state index is 7.09. The monoisotopic (exact) mass is 625 g/mol. The van der Waals surface area contributed by atoms with E-state index in [0.29, 0.717) is 13.1 Å². The van der Waals surface area contributed by atoms with Crippen molar-refractivity contribution in [1.82, 2.24) is 0 Å². The molecule has 2 rings (SSSR count). The summed E-state index contributed by atoms with van der Waals surface area (Å²) in [4.78, 5) is 0. The summed E-state index contributed by atoms with van der Waals surface area (Å²) < 4.78 is 20.5. The van der Waals surface area contributed by atoms with Crippen molar-refractivity contribution in [3.63, 3.8) is 0 Å². The van der Waals surface area contributed by atoms with E-state index < -0.39 is 16.5 Å². The van der Waals surface area contributed by atoms with Gasteiger partial charge in [-0.1, -0.05) is 12.1 Å². The van der Waals surface area contributed by atoms with Crippen LogP contribution in [0.5, 0.6) is 23.0 Å². The number of rotatable bonds is 8. The second kappa shape index (κ2) is 17.7. The van der Waals surface area contributed by atoms with E-state index in [2.05, 4.69) is 0 Å². The molecular formula is C20H28Cl2N2O4Pt. The van der Waals surface area contributed by atoms with Crippen molar-refractivity contribution in [2.75, 3.05) is 41.5 Å². The van der Waals surface area contributed by atoms with E-state index in [4.69, 9.17) is 49.3 Å². The SMILES string of the molecule is COc1ccc(CC[NH-])cc1OC.COc1ccc(CC[NH-])cc1OC.[Cl][Pt+2][Cl]. The Bertz CT molecular complexity index is 636. The average Bonchev–Trinajstić information content (AvgIpc) is 2.75. The third-order valence-electron chi connectivity index (χ3n) is 3.72. The molecule has 0 aliphatic heterocycles. The van der Waals surface area contributed by atoms with Gasteiger partial charge in [-0.2, -0.15) is 0 Å². The Morgan fingerprint density at radius 2 is 0.966 bits per heavy atom. The van der Waals surface area contributed by atoms with Crippen LogP contribution in [-0.2, 0) is 29.3 Å². The van der Waals surface area contributed by atoms with Gasteiger partial charge in [0.15, 0.2) is 23.0 Å². The zero-order chi connectivity index (χ0) is 22.1. The van der Waals surface area contributed by atoms with Gasteiger partial charge in [-0.05, 0) is 48.2 Å². The molecule has 0 amide bonds. The molecule has 166 valence electrons. The quantitative estimate of drug-likeness (QED) is 0.362. The van der Waals surface area contributed by atoms with E-state index >= 15 is 0 Å². The van der Waals surface area contributed by atoms with Crippen molar-refractivity contribution in [3.8, 4) is 23.0 Å². The van der Waals surface area contributed by atoms with Crippen LogP contribution in [0.1, 0.15) is 11.1 Å². The summed E-state index contributed by atoms with van der Waals surface area (Å²) >= 11 is -0.472. The van der Waals surface area contributed by atoms with E-state index in [9.17, 15) is 0 Å². The predicted molar refractivity (Wildman–Crippen MR) is 117 cm³/mol. The minimum atomic E-state index is -0.472. The summed E-state index contributed by atoms with van der Waals surface area (Å²) in [6.45, 7) is 0.797. The minimum absolute atomic E-state index is 0.398. The molecule has 0 unspecified atom stereocenters. The summed E-state index contributed by atoms with van der Waals surface area (Å²) in [5.74, 6) is 2.93. The van der Waals surface area contributed by atoms with Crippen LogP contribution < -0.4 is 18.9 Å². The number of hydrogen-bond acceptors (Lipinski definition) is 4. The Morgan fingerprint density at radius 1 is 0.655 bits per heavy atom.